The van der Waals surface area contributed by atoms with Crippen molar-refractivity contribution < 1.29 is 20.1 Å². The maximum atomic E-state index is 10.5. The molecule has 0 aromatic heterocycles. The minimum atomic E-state index is -0.536. The zero-order valence-electron chi connectivity index (χ0n) is 22.2. The summed E-state index contributed by atoms with van der Waals surface area (Å²) >= 11 is 0. The maximum absolute atomic E-state index is 10.5. The Kier molecular flexibility index (Phi) is 9.65. The second-order valence-corrected chi connectivity index (χ2v) is 11.6. The molecule has 3 aliphatic rings. The average molecular weight is 475 g/mol. The van der Waals surface area contributed by atoms with Crippen molar-refractivity contribution in [3.05, 3.63) is 35.5 Å². The molecule has 6 atom stereocenters. The molecule has 3 saturated carbocycles. The lowest BCUT2D eigenvalue weighted by molar-refractivity contribution is -0.0365. The Morgan fingerprint density at radius 3 is 2.65 bits per heavy atom. The molecule has 4 heteroatoms. The van der Waals surface area contributed by atoms with Crippen LogP contribution in [0.15, 0.2) is 35.5 Å². The van der Waals surface area contributed by atoms with Gasteiger partial charge in [-0.1, -0.05) is 45.1 Å². The van der Waals surface area contributed by atoms with Gasteiger partial charge in [0.1, 0.15) is 0 Å². The molecule has 0 bridgehead atoms. The van der Waals surface area contributed by atoms with E-state index in [0.29, 0.717) is 24.7 Å². The average Bonchev–Trinajstić information content (AvgIpc) is 3.19. The molecule has 0 spiro atoms. The van der Waals surface area contributed by atoms with Crippen LogP contribution in [-0.4, -0.2) is 46.3 Å². The first kappa shape index (κ1) is 27.6. The third kappa shape index (κ3) is 6.06. The molecule has 3 N–H and O–H groups in total. The van der Waals surface area contributed by atoms with Gasteiger partial charge in [-0.25, -0.2) is 0 Å². The number of fused-ring (bicyclic) bond motifs is 1. The third-order valence-corrected chi connectivity index (χ3v) is 9.72. The second-order valence-electron chi connectivity index (χ2n) is 11.6. The second kappa shape index (κ2) is 11.9. The fourth-order valence-electron chi connectivity index (χ4n) is 7.21. The summed E-state index contributed by atoms with van der Waals surface area (Å²) in [6.07, 6.45) is 15.0. The normalized spacial score (nSPS) is 35.7. The van der Waals surface area contributed by atoms with Crippen molar-refractivity contribution >= 4 is 0 Å². The van der Waals surface area contributed by atoms with Gasteiger partial charge >= 0.3 is 0 Å². The molecule has 0 aliphatic heterocycles. The van der Waals surface area contributed by atoms with Crippen molar-refractivity contribution in [2.24, 2.45) is 23.2 Å². The SMILES string of the molecule is C=C1/C(=C\C=C2/CCCC3(C)[C@@H]([C@H](C)OCCCC(O)(CC)CC)CC[C@@H]23)CC(O)C[C@H]1CO. The highest BCUT2D eigenvalue weighted by Crippen LogP contribution is 2.58. The number of hydrogen-bond acceptors (Lipinski definition) is 4. The van der Waals surface area contributed by atoms with Crippen LogP contribution < -0.4 is 0 Å². The van der Waals surface area contributed by atoms with Crippen LogP contribution in [0.25, 0.3) is 0 Å². The lowest BCUT2D eigenvalue weighted by Gasteiger charge is -2.44. The highest BCUT2D eigenvalue weighted by Gasteiger charge is 2.51. The van der Waals surface area contributed by atoms with Gasteiger partial charge in [-0.2, -0.15) is 0 Å². The van der Waals surface area contributed by atoms with E-state index in [1.165, 1.54) is 25.7 Å². The summed E-state index contributed by atoms with van der Waals surface area (Å²) in [4.78, 5) is 0. The number of aliphatic hydroxyl groups is 3. The summed E-state index contributed by atoms with van der Waals surface area (Å²) in [7, 11) is 0. The van der Waals surface area contributed by atoms with Gasteiger partial charge in [-0.3, -0.25) is 0 Å². The van der Waals surface area contributed by atoms with Crippen LogP contribution in [-0.2, 0) is 4.74 Å². The molecule has 3 aliphatic carbocycles. The Labute approximate surface area is 208 Å². The van der Waals surface area contributed by atoms with Crippen LogP contribution in [0.5, 0.6) is 0 Å². The Morgan fingerprint density at radius 1 is 1.24 bits per heavy atom. The van der Waals surface area contributed by atoms with Gasteiger partial charge in [0.25, 0.3) is 0 Å². The lowest BCUT2D eigenvalue weighted by Crippen LogP contribution is -2.39. The fraction of sp³-hybridized carbons (Fsp3) is 0.800. The van der Waals surface area contributed by atoms with Crippen molar-refractivity contribution in [3.63, 3.8) is 0 Å². The molecule has 0 radical (unpaired) electrons. The van der Waals surface area contributed by atoms with Gasteiger partial charge < -0.3 is 20.1 Å². The molecule has 0 heterocycles. The van der Waals surface area contributed by atoms with Gasteiger partial charge in [0.05, 0.1) is 24.4 Å². The summed E-state index contributed by atoms with van der Waals surface area (Å²) in [5.41, 5.74) is 3.37. The molecule has 0 aromatic rings. The summed E-state index contributed by atoms with van der Waals surface area (Å²) in [6, 6.07) is 0. The molecule has 0 amide bonds. The zero-order chi connectivity index (χ0) is 24.9. The van der Waals surface area contributed by atoms with E-state index in [1.807, 2.05) is 0 Å². The van der Waals surface area contributed by atoms with E-state index in [2.05, 4.69) is 46.4 Å². The van der Waals surface area contributed by atoms with Crippen molar-refractivity contribution in [2.75, 3.05) is 13.2 Å². The maximum Gasteiger partial charge on any atom is 0.0643 e. The Bertz CT molecular complexity index is 749. The van der Waals surface area contributed by atoms with Gasteiger partial charge in [0, 0.05) is 12.5 Å². The van der Waals surface area contributed by atoms with Crippen molar-refractivity contribution in [1.82, 2.24) is 0 Å². The van der Waals surface area contributed by atoms with Gasteiger partial charge in [-0.15, -0.1) is 0 Å². The molecular weight excluding hydrogens is 424 g/mol. The zero-order valence-corrected chi connectivity index (χ0v) is 22.2. The minimum Gasteiger partial charge on any atom is -0.396 e. The summed E-state index contributed by atoms with van der Waals surface area (Å²) in [6.45, 7) is 13.9. The number of hydrogen-bond donors (Lipinski definition) is 3. The van der Waals surface area contributed by atoms with E-state index in [0.717, 1.165) is 49.9 Å². The van der Waals surface area contributed by atoms with Crippen molar-refractivity contribution in [3.8, 4) is 0 Å². The first-order valence-corrected chi connectivity index (χ1v) is 13.9. The molecule has 2 unspecified atom stereocenters. The fourth-order valence-corrected chi connectivity index (χ4v) is 7.21. The number of aliphatic hydroxyl groups excluding tert-OH is 2. The van der Waals surface area contributed by atoms with Crippen LogP contribution in [0, 0.1) is 23.2 Å². The summed E-state index contributed by atoms with van der Waals surface area (Å²) in [5, 5.41) is 30.4. The Morgan fingerprint density at radius 2 is 1.97 bits per heavy atom. The monoisotopic (exact) mass is 474 g/mol. The summed E-state index contributed by atoms with van der Waals surface area (Å²) in [5.74, 6) is 1.13. The minimum absolute atomic E-state index is 0.0236. The molecule has 3 rings (SSSR count). The van der Waals surface area contributed by atoms with Gasteiger partial charge in [-0.05, 0) is 106 Å². The standard InChI is InChI=1S/C30H50O4/c1-6-30(33,7-2)16-9-17-34-22(4)27-13-14-28-23(10-8-15-29(27,28)5)11-12-24-18-26(32)19-25(20-31)21(24)3/h11-12,22,25-28,31-33H,3,6-10,13-20H2,1-2,4-5H3/b23-11+,24-12-/t22-,25-,26?,27+,28-,29?/m0/s1. The van der Waals surface area contributed by atoms with Crippen LogP contribution in [0.3, 0.4) is 0 Å². The predicted octanol–water partition coefficient (Wildman–Crippen LogP) is 6.11. The van der Waals surface area contributed by atoms with Crippen LogP contribution in [0.4, 0.5) is 0 Å². The largest absolute Gasteiger partial charge is 0.396 e. The van der Waals surface area contributed by atoms with E-state index in [1.54, 1.807) is 5.57 Å². The highest BCUT2D eigenvalue weighted by atomic mass is 16.5. The molecule has 194 valence electrons. The van der Waals surface area contributed by atoms with Gasteiger partial charge in [0.15, 0.2) is 0 Å². The van der Waals surface area contributed by atoms with Crippen LogP contribution >= 0.6 is 0 Å². The predicted molar refractivity (Wildman–Crippen MR) is 139 cm³/mol. The molecular formula is C30H50O4. The number of rotatable bonds is 10. The van der Waals surface area contributed by atoms with Crippen molar-refractivity contribution in [2.45, 2.75) is 116 Å². The molecule has 4 nitrogen and oxygen atoms in total. The van der Waals surface area contributed by atoms with Gasteiger partial charge in [0.2, 0.25) is 0 Å². The van der Waals surface area contributed by atoms with Crippen LogP contribution in [0.1, 0.15) is 98.3 Å². The molecule has 34 heavy (non-hydrogen) atoms. The Hall–Kier alpha value is -0.940. The topological polar surface area (TPSA) is 69.9 Å². The van der Waals surface area contributed by atoms with Crippen LogP contribution in [0.2, 0.25) is 0 Å². The number of ether oxygens (including phenoxy) is 1. The van der Waals surface area contributed by atoms with E-state index in [4.69, 9.17) is 4.74 Å². The lowest BCUT2D eigenvalue weighted by atomic mass is 9.62. The van der Waals surface area contributed by atoms with E-state index in [-0.39, 0.29) is 30.1 Å². The highest BCUT2D eigenvalue weighted by molar-refractivity contribution is 5.38. The third-order valence-electron chi connectivity index (χ3n) is 9.72. The van der Waals surface area contributed by atoms with E-state index in [9.17, 15) is 15.3 Å². The smallest absolute Gasteiger partial charge is 0.0643 e. The summed E-state index contributed by atoms with van der Waals surface area (Å²) < 4.78 is 6.36. The van der Waals surface area contributed by atoms with E-state index < -0.39 is 5.60 Å². The number of allylic oxidation sites excluding steroid dienone is 3. The first-order chi connectivity index (χ1) is 16.2. The quantitative estimate of drug-likeness (QED) is 0.334. The molecule has 0 aromatic carbocycles. The van der Waals surface area contributed by atoms with Crippen molar-refractivity contribution in [1.29, 1.82) is 0 Å². The van der Waals surface area contributed by atoms with E-state index >= 15 is 0 Å². The Balaban J connectivity index is 1.63. The first-order valence-electron chi connectivity index (χ1n) is 13.9. The molecule has 3 fully saturated rings. The molecule has 0 saturated heterocycles.